The minimum atomic E-state index is 0.501. The van der Waals surface area contributed by atoms with E-state index in [0.29, 0.717) is 12.5 Å². The average molecular weight is 334 g/mol. The lowest BCUT2D eigenvalue weighted by Crippen LogP contribution is -2.00. The molecule has 0 saturated carbocycles. The number of rotatable bonds is 4. The van der Waals surface area contributed by atoms with Crippen LogP contribution >= 0.6 is 15.9 Å². The van der Waals surface area contributed by atoms with E-state index in [1.807, 2.05) is 18.2 Å². The van der Waals surface area contributed by atoms with Crippen LogP contribution in [0.2, 0.25) is 0 Å². The lowest BCUT2D eigenvalue weighted by atomic mass is 10.0. The predicted molar refractivity (Wildman–Crippen MR) is 88.2 cm³/mol. The van der Waals surface area contributed by atoms with Gasteiger partial charge in [0.05, 0.1) is 0 Å². The molecule has 0 fully saturated rings. The van der Waals surface area contributed by atoms with Gasteiger partial charge in [0.1, 0.15) is 12.4 Å². The molecule has 2 N–H and O–H groups in total. The van der Waals surface area contributed by atoms with Gasteiger partial charge in [0.15, 0.2) is 0 Å². The third-order valence-electron chi connectivity index (χ3n) is 3.34. The van der Waals surface area contributed by atoms with Gasteiger partial charge in [-0.2, -0.15) is 0 Å². The Morgan fingerprint density at radius 3 is 2.55 bits per heavy atom. The van der Waals surface area contributed by atoms with E-state index < -0.39 is 0 Å². The highest BCUT2D eigenvalue weighted by molar-refractivity contribution is 9.10. The van der Waals surface area contributed by atoms with Gasteiger partial charge in [-0.1, -0.05) is 48.0 Å². The van der Waals surface area contributed by atoms with E-state index in [4.69, 9.17) is 10.5 Å². The van der Waals surface area contributed by atoms with Crippen LogP contribution in [0.4, 0.5) is 5.69 Å². The van der Waals surface area contributed by atoms with Crippen molar-refractivity contribution >= 4 is 21.6 Å². The Balaban J connectivity index is 2.16. The monoisotopic (exact) mass is 333 g/mol. The summed E-state index contributed by atoms with van der Waals surface area (Å²) in [7, 11) is 0. The molecule has 0 spiro atoms. The van der Waals surface area contributed by atoms with Crippen LogP contribution in [-0.4, -0.2) is 0 Å². The number of ether oxygens (including phenoxy) is 1. The molecule has 0 atom stereocenters. The highest BCUT2D eigenvalue weighted by atomic mass is 79.9. The van der Waals surface area contributed by atoms with Crippen molar-refractivity contribution in [1.82, 2.24) is 0 Å². The van der Waals surface area contributed by atoms with Crippen molar-refractivity contribution in [3.63, 3.8) is 0 Å². The summed E-state index contributed by atoms with van der Waals surface area (Å²) in [6.45, 7) is 6.97. The average Bonchev–Trinajstić information content (AvgIpc) is 2.39. The van der Waals surface area contributed by atoms with Gasteiger partial charge in [-0.15, -0.1) is 0 Å². The lowest BCUT2D eigenvalue weighted by molar-refractivity contribution is 0.303. The van der Waals surface area contributed by atoms with Crippen LogP contribution in [0, 0.1) is 6.92 Å². The van der Waals surface area contributed by atoms with Crippen LogP contribution in [-0.2, 0) is 6.61 Å². The Morgan fingerprint density at radius 2 is 1.90 bits per heavy atom. The number of nitrogen functional groups attached to an aromatic ring is 1. The van der Waals surface area contributed by atoms with E-state index in [0.717, 1.165) is 27.0 Å². The van der Waals surface area contributed by atoms with Crippen LogP contribution in [0.5, 0.6) is 5.75 Å². The molecule has 0 bridgehead atoms. The Hall–Kier alpha value is -1.48. The van der Waals surface area contributed by atoms with Crippen LogP contribution in [0.3, 0.4) is 0 Å². The Labute approximate surface area is 129 Å². The number of nitrogens with two attached hydrogens (primary N) is 1. The van der Waals surface area contributed by atoms with Crippen LogP contribution < -0.4 is 10.5 Å². The third kappa shape index (κ3) is 3.54. The van der Waals surface area contributed by atoms with Gasteiger partial charge >= 0.3 is 0 Å². The topological polar surface area (TPSA) is 35.2 Å². The van der Waals surface area contributed by atoms with Crippen molar-refractivity contribution in [2.24, 2.45) is 0 Å². The molecule has 0 amide bonds. The fourth-order valence-electron chi connectivity index (χ4n) is 1.97. The standard InChI is InChI=1S/C17H20BrNO/c1-11(2)13-5-4-12(3)17(8-13)20-10-14-6-7-15(19)9-16(14)18/h4-9,11H,10,19H2,1-3H3. The molecule has 2 nitrogen and oxygen atoms in total. The maximum absolute atomic E-state index is 5.96. The van der Waals surface area contributed by atoms with Crippen molar-refractivity contribution in [2.75, 3.05) is 5.73 Å². The van der Waals surface area contributed by atoms with Crippen LogP contribution in [0.1, 0.15) is 36.5 Å². The van der Waals surface area contributed by atoms with Crippen molar-refractivity contribution in [3.8, 4) is 5.75 Å². The molecular weight excluding hydrogens is 314 g/mol. The molecule has 0 unspecified atom stereocenters. The van der Waals surface area contributed by atoms with Crippen molar-refractivity contribution < 1.29 is 4.74 Å². The number of anilines is 1. The minimum Gasteiger partial charge on any atom is -0.489 e. The molecule has 0 aliphatic carbocycles. The molecule has 0 radical (unpaired) electrons. The summed E-state index contributed by atoms with van der Waals surface area (Å²) in [6, 6.07) is 12.2. The van der Waals surface area contributed by atoms with Gasteiger partial charge in [-0.25, -0.2) is 0 Å². The first-order chi connectivity index (χ1) is 9.47. The van der Waals surface area contributed by atoms with Crippen molar-refractivity contribution in [1.29, 1.82) is 0 Å². The van der Waals surface area contributed by atoms with E-state index in [9.17, 15) is 0 Å². The Kier molecular flexibility index (Phi) is 4.71. The highest BCUT2D eigenvalue weighted by Gasteiger charge is 2.06. The van der Waals surface area contributed by atoms with Gasteiger partial charge in [0.2, 0.25) is 0 Å². The second-order valence-electron chi connectivity index (χ2n) is 5.32. The zero-order chi connectivity index (χ0) is 14.7. The van der Waals surface area contributed by atoms with Gasteiger partial charge in [0.25, 0.3) is 0 Å². The number of halogens is 1. The fourth-order valence-corrected chi connectivity index (χ4v) is 2.48. The molecule has 0 aromatic heterocycles. The maximum atomic E-state index is 5.96. The molecule has 2 rings (SSSR count). The second kappa shape index (κ2) is 6.31. The molecule has 2 aromatic carbocycles. The molecule has 106 valence electrons. The largest absolute Gasteiger partial charge is 0.489 e. The molecule has 0 aliphatic heterocycles. The van der Waals surface area contributed by atoms with Crippen molar-refractivity contribution in [3.05, 3.63) is 57.6 Å². The molecule has 0 aliphatic rings. The number of hydrogen-bond acceptors (Lipinski definition) is 2. The van der Waals surface area contributed by atoms with Gasteiger partial charge in [-0.05, 0) is 42.2 Å². The molecule has 0 heterocycles. The first kappa shape index (κ1) is 14.9. The summed E-state index contributed by atoms with van der Waals surface area (Å²) >= 11 is 3.52. The maximum Gasteiger partial charge on any atom is 0.123 e. The van der Waals surface area contributed by atoms with E-state index in [1.54, 1.807) is 0 Å². The predicted octanol–water partition coefficient (Wildman–Crippen LogP) is 5.04. The summed E-state index contributed by atoms with van der Waals surface area (Å²) in [6.07, 6.45) is 0. The summed E-state index contributed by atoms with van der Waals surface area (Å²) in [4.78, 5) is 0. The van der Waals surface area contributed by atoms with Gasteiger partial charge in [0, 0.05) is 15.7 Å². The van der Waals surface area contributed by atoms with Crippen LogP contribution in [0.25, 0.3) is 0 Å². The molecule has 0 saturated heterocycles. The zero-order valence-electron chi connectivity index (χ0n) is 12.1. The molecule has 20 heavy (non-hydrogen) atoms. The highest BCUT2D eigenvalue weighted by Crippen LogP contribution is 2.26. The molecule has 2 aromatic rings. The number of hydrogen-bond donors (Lipinski definition) is 1. The van der Waals surface area contributed by atoms with Crippen molar-refractivity contribution in [2.45, 2.75) is 33.3 Å². The van der Waals surface area contributed by atoms with E-state index in [-0.39, 0.29) is 0 Å². The van der Waals surface area contributed by atoms with E-state index in [1.165, 1.54) is 5.56 Å². The quantitative estimate of drug-likeness (QED) is 0.795. The molecule has 3 heteroatoms. The third-order valence-corrected chi connectivity index (χ3v) is 4.08. The van der Waals surface area contributed by atoms with E-state index in [2.05, 4.69) is 54.9 Å². The minimum absolute atomic E-state index is 0.501. The summed E-state index contributed by atoms with van der Waals surface area (Å²) in [5.74, 6) is 1.45. The van der Waals surface area contributed by atoms with E-state index >= 15 is 0 Å². The number of benzene rings is 2. The van der Waals surface area contributed by atoms with Gasteiger partial charge in [-0.3, -0.25) is 0 Å². The first-order valence-corrected chi connectivity index (χ1v) is 7.54. The Morgan fingerprint density at radius 1 is 1.15 bits per heavy atom. The lowest BCUT2D eigenvalue weighted by Gasteiger charge is -2.13. The summed E-state index contributed by atoms with van der Waals surface area (Å²) in [5.41, 5.74) is 10.0. The zero-order valence-corrected chi connectivity index (χ0v) is 13.7. The normalized spacial score (nSPS) is 10.8. The SMILES string of the molecule is Cc1ccc(C(C)C)cc1OCc1ccc(N)cc1Br. The van der Waals surface area contributed by atoms with Crippen LogP contribution in [0.15, 0.2) is 40.9 Å². The summed E-state index contributed by atoms with van der Waals surface area (Å²) < 4.78 is 6.95. The van der Waals surface area contributed by atoms with Gasteiger partial charge < -0.3 is 10.5 Å². The number of aryl methyl sites for hydroxylation is 1. The Bertz CT molecular complexity index is 608. The second-order valence-corrected chi connectivity index (χ2v) is 6.17. The first-order valence-electron chi connectivity index (χ1n) is 6.74. The fraction of sp³-hybridized carbons (Fsp3) is 0.294. The summed E-state index contributed by atoms with van der Waals surface area (Å²) in [5, 5.41) is 0. The smallest absolute Gasteiger partial charge is 0.123 e. The molecular formula is C17H20BrNO.